The van der Waals surface area contributed by atoms with Crippen molar-refractivity contribution in [1.82, 2.24) is 19.5 Å². The Morgan fingerprint density at radius 3 is 2.69 bits per heavy atom. The highest BCUT2D eigenvalue weighted by Gasteiger charge is 2.06. The summed E-state index contributed by atoms with van der Waals surface area (Å²) in [5, 5.41) is 9.88. The Labute approximate surface area is 97.6 Å². The van der Waals surface area contributed by atoms with Gasteiger partial charge >= 0.3 is 0 Å². The van der Waals surface area contributed by atoms with E-state index in [-0.39, 0.29) is 6.61 Å². The SMILES string of the molecule is Cn1c(CO)cnc1SCc1ncccn1. The summed E-state index contributed by atoms with van der Waals surface area (Å²) < 4.78 is 1.87. The topological polar surface area (TPSA) is 63.8 Å². The van der Waals surface area contributed by atoms with E-state index in [0.29, 0.717) is 5.75 Å². The molecule has 0 fully saturated rings. The van der Waals surface area contributed by atoms with E-state index in [4.69, 9.17) is 5.11 Å². The Balaban J connectivity index is 2.02. The summed E-state index contributed by atoms with van der Waals surface area (Å²) in [6.45, 7) is 0.00585. The molecule has 2 aromatic rings. The lowest BCUT2D eigenvalue weighted by Crippen LogP contribution is -1.98. The maximum Gasteiger partial charge on any atom is 0.168 e. The van der Waals surface area contributed by atoms with E-state index >= 15 is 0 Å². The van der Waals surface area contributed by atoms with Gasteiger partial charge in [-0.05, 0) is 6.07 Å². The molecule has 2 aromatic heterocycles. The van der Waals surface area contributed by atoms with Gasteiger partial charge in [0.1, 0.15) is 5.82 Å². The summed E-state index contributed by atoms with van der Waals surface area (Å²) in [6.07, 6.45) is 5.12. The summed E-state index contributed by atoms with van der Waals surface area (Å²) in [5.74, 6) is 1.46. The molecule has 5 nitrogen and oxygen atoms in total. The highest BCUT2D eigenvalue weighted by Crippen LogP contribution is 2.20. The Kier molecular flexibility index (Phi) is 3.53. The van der Waals surface area contributed by atoms with Crippen LogP contribution in [0.25, 0.3) is 0 Å². The van der Waals surface area contributed by atoms with Crippen LogP contribution in [-0.4, -0.2) is 24.6 Å². The fraction of sp³-hybridized carbons (Fsp3) is 0.300. The summed E-state index contributed by atoms with van der Waals surface area (Å²) in [5.41, 5.74) is 0.802. The van der Waals surface area contributed by atoms with Crippen molar-refractivity contribution in [3.05, 3.63) is 36.2 Å². The monoisotopic (exact) mass is 236 g/mol. The molecule has 0 aliphatic heterocycles. The van der Waals surface area contributed by atoms with Crippen LogP contribution in [0.1, 0.15) is 11.5 Å². The fourth-order valence-corrected chi connectivity index (χ4v) is 2.09. The number of thioether (sulfide) groups is 1. The Morgan fingerprint density at radius 1 is 1.31 bits per heavy atom. The molecule has 0 spiro atoms. The molecule has 0 aliphatic rings. The third-order valence-electron chi connectivity index (χ3n) is 2.15. The van der Waals surface area contributed by atoms with Crippen LogP contribution in [0.15, 0.2) is 29.8 Å². The van der Waals surface area contributed by atoms with Crippen LogP contribution in [0, 0.1) is 0 Å². The van der Waals surface area contributed by atoms with Crippen LogP contribution < -0.4 is 0 Å². The molecule has 0 atom stereocenters. The molecular weight excluding hydrogens is 224 g/mol. The van der Waals surface area contributed by atoms with Crippen molar-refractivity contribution < 1.29 is 5.11 Å². The van der Waals surface area contributed by atoms with E-state index in [2.05, 4.69) is 15.0 Å². The molecule has 2 heterocycles. The zero-order valence-corrected chi connectivity index (χ0v) is 9.68. The van der Waals surface area contributed by atoms with Crippen molar-refractivity contribution in [3.8, 4) is 0 Å². The number of hydrogen-bond donors (Lipinski definition) is 1. The summed E-state index contributed by atoms with van der Waals surface area (Å²) in [7, 11) is 1.88. The van der Waals surface area contributed by atoms with Crippen molar-refractivity contribution in [2.24, 2.45) is 7.05 Å². The van der Waals surface area contributed by atoms with E-state index in [1.165, 1.54) is 0 Å². The highest BCUT2D eigenvalue weighted by atomic mass is 32.2. The van der Waals surface area contributed by atoms with Crippen molar-refractivity contribution >= 4 is 11.8 Å². The summed E-state index contributed by atoms with van der Waals surface area (Å²) in [4.78, 5) is 12.5. The van der Waals surface area contributed by atoms with Crippen LogP contribution in [0.4, 0.5) is 0 Å². The van der Waals surface area contributed by atoms with Gasteiger partial charge in [-0.15, -0.1) is 0 Å². The molecular formula is C10H12N4OS. The first-order valence-electron chi connectivity index (χ1n) is 4.81. The molecule has 0 saturated heterocycles. The molecule has 0 radical (unpaired) electrons. The lowest BCUT2D eigenvalue weighted by molar-refractivity contribution is 0.271. The largest absolute Gasteiger partial charge is 0.390 e. The predicted octanol–water partition coefficient (Wildman–Crippen LogP) is 0.995. The smallest absolute Gasteiger partial charge is 0.168 e. The first kappa shape index (κ1) is 11.1. The van der Waals surface area contributed by atoms with Crippen LogP contribution >= 0.6 is 11.8 Å². The number of aliphatic hydroxyl groups is 1. The maximum atomic E-state index is 9.02. The molecule has 6 heteroatoms. The molecule has 1 N–H and O–H groups in total. The predicted molar refractivity (Wildman–Crippen MR) is 60.7 cm³/mol. The van der Waals surface area contributed by atoms with Crippen LogP contribution in [0.2, 0.25) is 0 Å². The second kappa shape index (κ2) is 5.09. The molecule has 0 bridgehead atoms. The zero-order chi connectivity index (χ0) is 11.4. The fourth-order valence-electron chi connectivity index (χ4n) is 1.24. The minimum absolute atomic E-state index is 0.00585. The standard InChI is InChI=1S/C10H12N4OS/c1-14-8(6-15)5-13-10(14)16-7-9-11-3-2-4-12-9/h2-5,15H,6-7H2,1H3. The second-order valence-corrected chi connectivity index (χ2v) is 4.15. The van der Waals surface area contributed by atoms with Gasteiger partial charge in [-0.2, -0.15) is 0 Å². The van der Waals surface area contributed by atoms with Crippen LogP contribution in [-0.2, 0) is 19.4 Å². The summed E-state index contributed by atoms with van der Waals surface area (Å²) >= 11 is 1.55. The highest BCUT2D eigenvalue weighted by molar-refractivity contribution is 7.98. The molecule has 16 heavy (non-hydrogen) atoms. The third kappa shape index (κ3) is 2.40. The van der Waals surface area contributed by atoms with Gasteiger partial charge in [-0.1, -0.05) is 11.8 Å². The Morgan fingerprint density at radius 2 is 2.06 bits per heavy atom. The maximum absolute atomic E-state index is 9.02. The van der Waals surface area contributed by atoms with Crippen molar-refractivity contribution in [3.63, 3.8) is 0 Å². The number of aromatic nitrogens is 4. The van der Waals surface area contributed by atoms with E-state index < -0.39 is 0 Å². The van der Waals surface area contributed by atoms with E-state index in [1.807, 2.05) is 11.6 Å². The first-order chi connectivity index (χ1) is 7.81. The average Bonchev–Trinajstić information content (AvgIpc) is 2.69. The number of imidazole rings is 1. The minimum Gasteiger partial charge on any atom is -0.390 e. The number of hydrogen-bond acceptors (Lipinski definition) is 5. The van der Waals surface area contributed by atoms with E-state index in [1.54, 1.807) is 36.4 Å². The molecule has 84 valence electrons. The molecule has 2 rings (SSSR count). The Hall–Kier alpha value is -1.40. The number of rotatable bonds is 4. The number of aliphatic hydroxyl groups excluding tert-OH is 1. The van der Waals surface area contributed by atoms with Gasteiger partial charge in [0.15, 0.2) is 5.16 Å². The van der Waals surface area contributed by atoms with Crippen molar-refractivity contribution in [1.29, 1.82) is 0 Å². The van der Waals surface area contributed by atoms with Gasteiger partial charge in [-0.3, -0.25) is 0 Å². The van der Waals surface area contributed by atoms with Gasteiger partial charge in [0.2, 0.25) is 0 Å². The van der Waals surface area contributed by atoms with Gasteiger partial charge < -0.3 is 9.67 Å². The van der Waals surface area contributed by atoms with Crippen LogP contribution in [0.3, 0.4) is 0 Å². The van der Waals surface area contributed by atoms with E-state index in [0.717, 1.165) is 16.7 Å². The van der Waals surface area contributed by atoms with Crippen LogP contribution in [0.5, 0.6) is 0 Å². The van der Waals surface area contributed by atoms with Gasteiger partial charge in [0.25, 0.3) is 0 Å². The first-order valence-corrected chi connectivity index (χ1v) is 5.80. The van der Waals surface area contributed by atoms with Gasteiger partial charge in [0.05, 0.1) is 24.3 Å². The summed E-state index contributed by atoms with van der Waals surface area (Å²) in [6, 6.07) is 1.79. The third-order valence-corrected chi connectivity index (χ3v) is 3.19. The number of nitrogens with zero attached hydrogens (tertiary/aromatic N) is 4. The van der Waals surface area contributed by atoms with Gasteiger partial charge in [0, 0.05) is 19.4 Å². The normalized spacial score (nSPS) is 10.6. The lowest BCUT2D eigenvalue weighted by atomic mass is 10.5. The van der Waals surface area contributed by atoms with E-state index in [9.17, 15) is 0 Å². The molecule has 0 aliphatic carbocycles. The minimum atomic E-state index is 0.00585. The Bertz CT molecular complexity index is 457. The quantitative estimate of drug-likeness (QED) is 0.802. The molecule has 0 saturated carbocycles. The second-order valence-electron chi connectivity index (χ2n) is 3.20. The zero-order valence-electron chi connectivity index (χ0n) is 8.87. The van der Waals surface area contributed by atoms with Gasteiger partial charge in [-0.25, -0.2) is 15.0 Å². The molecule has 0 amide bonds. The van der Waals surface area contributed by atoms with Crippen molar-refractivity contribution in [2.45, 2.75) is 17.5 Å². The molecule has 0 unspecified atom stereocenters. The van der Waals surface area contributed by atoms with Crippen molar-refractivity contribution in [2.75, 3.05) is 0 Å². The average molecular weight is 236 g/mol. The lowest BCUT2D eigenvalue weighted by Gasteiger charge is -2.02. The molecule has 0 aromatic carbocycles.